The van der Waals surface area contributed by atoms with E-state index in [0.717, 1.165) is 0 Å². The van der Waals surface area contributed by atoms with E-state index in [1.54, 1.807) is 32.4 Å². The molecule has 0 saturated heterocycles. The Kier molecular flexibility index (Phi) is 3.91. The van der Waals surface area contributed by atoms with Crippen molar-refractivity contribution in [2.45, 2.75) is 0 Å². The van der Waals surface area contributed by atoms with Crippen molar-refractivity contribution in [1.82, 2.24) is 9.97 Å². The van der Waals surface area contributed by atoms with Crippen molar-refractivity contribution >= 4 is 28.8 Å². The molecule has 0 amide bonds. The third-order valence-electron chi connectivity index (χ3n) is 2.50. The van der Waals surface area contributed by atoms with Crippen LogP contribution in [0.1, 0.15) is 0 Å². The van der Waals surface area contributed by atoms with Crippen molar-refractivity contribution in [3.63, 3.8) is 0 Å². The molecule has 1 aromatic carbocycles. The van der Waals surface area contributed by atoms with Gasteiger partial charge in [-0.3, -0.25) is 0 Å². The maximum absolute atomic E-state index is 5.84. The van der Waals surface area contributed by atoms with Crippen LogP contribution in [-0.2, 0) is 0 Å². The molecule has 2 aromatic rings. The molecule has 0 bridgehead atoms. The molecule has 0 aliphatic heterocycles. The molecule has 0 saturated carbocycles. The van der Waals surface area contributed by atoms with Crippen molar-refractivity contribution in [3.8, 4) is 11.5 Å². The van der Waals surface area contributed by atoms with E-state index in [0.29, 0.717) is 23.0 Å². The monoisotopic (exact) mass is 280 g/mol. The maximum atomic E-state index is 5.84. The Labute approximate surface area is 115 Å². The Bertz CT molecular complexity index is 592. The van der Waals surface area contributed by atoms with Gasteiger partial charge in [0.2, 0.25) is 0 Å². The zero-order chi connectivity index (χ0) is 13.8. The average Bonchev–Trinajstić information content (AvgIpc) is 2.43. The van der Waals surface area contributed by atoms with Crippen molar-refractivity contribution in [2.75, 3.05) is 25.3 Å². The number of aromatic nitrogens is 2. The van der Waals surface area contributed by atoms with Crippen LogP contribution in [-0.4, -0.2) is 24.2 Å². The van der Waals surface area contributed by atoms with Crippen LogP contribution in [0, 0.1) is 0 Å². The van der Waals surface area contributed by atoms with E-state index in [4.69, 9.17) is 26.8 Å². The summed E-state index contributed by atoms with van der Waals surface area (Å²) in [5.41, 5.74) is 6.74. The SMILES string of the molecule is COc1ccc(OC)c(Nc2ncnc(Cl)c2N)c1. The topological polar surface area (TPSA) is 82.3 Å². The molecule has 6 nitrogen and oxygen atoms in total. The third-order valence-corrected chi connectivity index (χ3v) is 2.80. The second-order valence-electron chi connectivity index (χ2n) is 3.62. The summed E-state index contributed by atoms with van der Waals surface area (Å²) < 4.78 is 10.4. The van der Waals surface area contributed by atoms with Gasteiger partial charge in [-0.05, 0) is 12.1 Å². The first kappa shape index (κ1) is 13.2. The van der Waals surface area contributed by atoms with E-state index in [9.17, 15) is 0 Å². The minimum atomic E-state index is 0.194. The van der Waals surface area contributed by atoms with Crippen molar-refractivity contribution in [1.29, 1.82) is 0 Å². The average molecular weight is 281 g/mol. The molecule has 3 N–H and O–H groups in total. The summed E-state index contributed by atoms with van der Waals surface area (Å²) in [5, 5.41) is 3.24. The fourth-order valence-electron chi connectivity index (χ4n) is 1.51. The van der Waals surface area contributed by atoms with Gasteiger partial charge in [0.15, 0.2) is 11.0 Å². The third kappa shape index (κ3) is 2.79. The van der Waals surface area contributed by atoms with E-state index < -0.39 is 0 Å². The summed E-state index contributed by atoms with van der Waals surface area (Å²) in [5.74, 6) is 1.73. The van der Waals surface area contributed by atoms with E-state index in [1.165, 1.54) is 6.33 Å². The highest BCUT2D eigenvalue weighted by Gasteiger charge is 2.10. The molecule has 1 aromatic heterocycles. The van der Waals surface area contributed by atoms with Crippen LogP contribution < -0.4 is 20.5 Å². The van der Waals surface area contributed by atoms with Crippen LogP contribution in [0.4, 0.5) is 17.2 Å². The summed E-state index contributed by atoms with van der Waals surface area (Å²) in [6, 6.07) is 5.34. The minimum absolute atomic E-state index is 0.194. The maximum Gasteiger partial charge on any atom is 0.158 e. The number of ether oxygens (including phenoxy) is 2. The molecule has 0 spiro atoms. The normalized spacial score (nSPS) is 10.1. The Balaban J connectivity index is 2.39. The highest BCUT2D eigenvalue weighted by molar-refractivity contribution is 6.32. The lowest BCUT2D eigenvalue weighted by Crippen LogP contribution is -2.02. The van der Waals surface area contributed by atoms with Gasteiger partial charge in [-0.15, -0.1) is 0 Å². The van der Waals surface area contributed by atoms with E-state index >= 15 is 0 Å². The zero-order valence-electron chi connectivity index (χ0n) is 10.5. The molecule has 0 radical (unpaired) electrons. The molecule has 0 aliphatic rings. The summed E-state index contributed by atoms with van der Waals surface area (Å²) in [4.78, 5) is 7.83. The van der Waals surface area contributed by atoms with E-state index in [2.05, 4.69) is 15.3 Å². The molecule has 2 rings (SSSR count). The Morgan fingerprint density at radius 2 is 2.00 bits per heavy atom. The number of nitrogens with zero attached hydrogens (tertiary/aromatic N) is 2. The summed E-state index contributed by atoms with van der Waals surface area (Å²) in [6.07, 6.45) is 1.33. The number of hydrogen-bond donors (Lipinski definition) is 2. The fraction of sp³-hybridized carbons (Fsp3) is 0.167. The molecule has 0 fully saturated rings. The van der Waals surface area contributed by atoms with Crippen LogP contribution >= 0.6 is 11.6 Å². The van der Waals surface area contributed by atoms with Crippen LogP contribution in [0.5, 0.6) is 11.5 Å². The molecule has 0 aliphatic carbocycles. The van der Waals surface area contributed by atoms with Crippen LogP contribution in [0.3, 0.4) is 0 Å². The predicted molar refractivity (Wildman–Crippen MR) is 74.3 cm³/mol. The quantitative estimate of drug-likeness (QED) is 0.837. The molecule has 0 unspecified atom stereocenters. The first-order chi connectivity index (χ1) is 9.15. The highest BCUT2D eigenvalue weighted by atomic mass is 35.5. The second-order valence-corrected chi connectivity index (χ2v) is 3.98. The number of rotatable bonds is 4. The van der Waals surface area contributed by atoms with Gasteiger partial charge in [0.1, 0.15) is 23.5 Å². The minimum Gasteiger partial charge on any atom is -0.497 e. The summed E-state index contributed by atoms with van der Waals surface area (Å²) in [6.45, 7) is 0. The smallest absolute Gasteiger partial charge is 0.158 e. The van der Waals surface area contributed by atoms with Crippen LogP contribution in [0.25, 0.3) is 0 Å². The van der Waals surface area contributed by atoms with E-state index in [1.807, 2.05) is 0 Å². The molecule has 0 atom stereocenters. The number of anilines is 3. The summed E-state index contributed by atoms with van der Waals surface area (Å²) in [7, 11) is 3.16. The molecule has 19 heavy (non-hydrogen) atoms. The highest BCUT2D eigenvalue weighted by Crippen LogP contribution is 2.33. The molecule has 1 heterocycles. The number of halogens is 1. The number of benzene rings is 1. The van der Waals surface area contributed by atoms with Gasteiger partial charge in [0.05, 0.1) is 19.9 Å². The van der Waals surface area contributed by atoms with Gasteiger partial charge in [0.25, 0.3) is 0 Å². The Morgan fingerprint density at radius 1 is 1.21 bits per heavy atom. The van der Waals surface area contributed by atoms with Crippen LogP contribution in [0.15, 0.2) is 24.5 Å². The summed E-state index contributed by atoms with van der Waals surface area (Å²) >= 11 is 5.84. The lowest BCUT2D eigenvalue weighted by Gasteiger charge is -2.13. The fourth-order valence-corrected chi connectivity index (χ4v) is 1.65. The Morgan fingerprint density at radius 3 is 2.68 bits per heavy atom. The first-order valence-electron chi connectivity index (χ1n) is 5.40. The molecule has 100 valence electrons. The number of hydrogen-bond acceptors (Lipinski definition) is 6. The number of nitrogens with two attached hydrogens (primary N) is 1. The van der Waals surface area contributed by atoms with Crippen molar-refractivity contribution in [3.05, 3.63) is 29.7 Å². The van der Waals surface area contributed by atoms with Gasteiger partial charge in [-0.25, -0.2) is 9.97 Å². The lowest BCUT2D eigenvalue weighted by atomic mass is 10.2. The van der Waals surface area contributed by atoms with Crippen molar-refractivity contribution < 1.29 is 9.47 Å². The van der Waals surface area contributed by atoms with Gasteiger partial charge in [-0.2, -0.15) is 0 Å². The zero-order valence-corrected chi connectivity index (χ0v) is 11.2. The van der Waals surface area contributed by atoms with Crippen LogP contribution in [0.2, 0.25) is 5.15 Å². The van der Waals surface area contributed by atoms with Gasteiger partial charge >= 0.3 is 0 Å². The Hall–Kier alpha value is -2.21. The van der Waals surface area contributed by atoms with Gasteiger partial charge < -0.3 is 20.5 Å². The lowest BCUT2D eigenvalue weighted by molar-refractivity contribution is 0.405. The van der Waals surface area contributed by atoms with E-state index in [-0.39, 0.29) is 10.8 Å². The predicted octanol–water partition coefficient (Wildman–Crippen LogP) is 2.47. The number of nitrogen functional groups attached to an aromatic ring is 1. The van der Waals surface area contributed by atoms with Gasteiger partial charge in [-0.1, -0.05) is 11.6 Å². The molecule has 7 heteroatoms. The number of nitrogens with one attached hydrogen (secondary N) is 1. The van der Waals surface area contributed by atoms with Crippen molar-refractivity contribution in [2.24, 2.45) is 0 Å². The second kappa shape index (κ2) is 5.62. The first-order valence-corrected chi connectivity index (χ1v) is 5.78. The molecular formula is C12H13ClN4O2. The van der Waals surface area contributed by atoms with Gasteiger partial charge in [0, 0.05) is 6.07 Å². The molecular weight excluding hydrogens is 268 g/mol. The number of methoxy groups -OCH3 is 2. The standard InChI is InChI=1S/C12H13ClN4O2/c1-18-7-3-4-9(19-2)8(5-7)17-12-10(14)11(13)15-6-16-12/h3-6H,14H2,1-2H3,(H,15,16,17). The largest absolute Gasteiger partial charge is 0.497 e.